The van der Waals surface area contributed by atoms with Gasteiger partial charge < -0.3 is 5.11 Å². The molecule has 1 fully saturated rings. The fourth-order valence-corrected chi connectivity index (χ4v) is 3.79. The maximum atomic E-state index is 9.58. The second kappa shape index (κ2) is 6.12. The van der Waals surface area contributed by atoms with Crippen LogP contribution in [0.15, 0.2) is 5.38 Å². The maximum Gasteiger partial charge on any atom is 0.107 e. The summed E-state index contributed by atoms with van der Waals surface area (Å²) in [6, 6.07) is 0. The van der Waals surface area contributed by atoms with Gasteiger partial charge in [0.05, 0.1) is 12.2 Å². The van der Waals surface area contributed by atoms with Crippen LogP contribution >= 0.6 is 11.3 Å². The van der Waals surface area contributed by atoms with Gasteiger partial charge >= 0.3 is 0 Å². The van der Waals surface area contributed by atoms with Gasteiger partial charge in [-0.1, -0.05) is 27.7 Å². The van der Waals surface area contributed by atoms with Crippen molar-refractivity contribution in [2.24, 2.45) is 5.41 Å². The minimum Gasteiger partial charge on any atom is -0.396 e. The number of aliphatic hydroxyl groups excluding tert-OH is 1. The summed E-state index contributed by atoms with van der Waals surface area (Å²) in [5.74, 6) is 0. The van der Waals surface area contributed by atoms with Crippen LogP contribution < -0.4 is 0 Å². The van der Waals surface area contributed by atoms with Gasteiger partial charge in [-0.3, -0.25) is 4.90 Å². The summed E-state index contributed by atoms with van der Waals surface area (Å²) in [4.78, 5) is 7.26. The Morgan fingerprint density at radius 3 is 2.45 bits per heavy atom. The lowest BCUT2D eigenvalue weighted by Gasteiger charge is -2.40. The molecule has 1 saturated heterocycles. The highest BCUT2D eigenvalue weighted by Gasteiger charge is 2.32. The SMILES string of the molecule is CCC1(CO)CCN(Cc2nc(C(C)(C)C)cs2)CC1. The van der Waals surface area contributed by atoms with Crippen LogP contribution in [0.1, 0.15) is 57.7 Å². The Hall–Kier alpha value is -0.450. The van der Waals surface area contributed by atoms with Gasteiger partial charge in [0.2, 0.25) is 0 Å². The lowest BCUT2D eigenvalue weighted by Crippen LogP contribution is -2.41. The Balaban J connectivity index is 1.91. The van der Waals surface area contributed by atoms with Gasteiger partial charge in [-0.25, -0.2) is 4.98 Å². The zero-order valence-corrected chi connectivity index (χ0v) is 14.1. The Kier molecular flexibility index (Phi) is 4.88. The average Bonchev–Trinajstić information content (AvgIpc) is 2.89. The van der Waals surface area contributed by atoms with E-state index in [1.807, 2.05) is 0 Å². The minimum absolute atomic E-state index is 0.144. The largest absolute Gasteiger partial charge is 0.396 e. The Morgan fingerprint density at radius 1 is 1.35 bits per heavy atom. The number of rotatable bonds is 4. The molecule has 0 radical (unpaired) electrons. The second-order valence-electron chi connectivity index (χ2n) is 7.16. The molecule has 2 rings (SSSR count). The number of aromatic nitrogens is 1. The monoisotopic (exact) mass is 296 g/mol. The van der Waals surface area contributed by atoms with Gasteiger partial charge in [-0.2, -0.15) is 0 Å². The Bertz CT molecular complexity index is 422. The zero-order chi connectivity index (χ0) is 14.8. The molecule has 1 aliphatic heterocycles. The normalized spacial score (nSPS) is 20.2. The first-order chi connectivity index (χ1) is 9.38. The highest BCUT2D eigenvalue weighted by Crippen LogP contribution is 2.35. The summed E-state index contributed by atoms with van der Waals surface area (Å²) in [5, 5.41) is 13.0. The molecule has 1 aromatic heterocycles. The molecule has 0 bridgehead atoms. The summed E-state index contributed by atoms with van der Waals surface area (Å²) >= 11 is 1.78. The van der Waals surface area contributed by atoms with Crippen LogP contribution in [0.4, 0.5) is 0 Å². The van der Waals surface area contributed by atoms with Crippen LogP contribution in [0.5, 0.6) is 0 Å². The fourth-order valence-electron chi connectivity index (χ4n) is 2.73. The van der Waals surface area contributed by atoms with Crippen LogP contribution in [0.25, 0.3) is 0 Å². The van der Waals surface area contributed by atoms with E-state index in [4.69, 9.17) is 4.98 Å². The lowest BCUT2D eigenvalue weighted by atomic mass is 9.77. The van der Waals surface area contributed by atoms with Gasteiger partial charge in [-0.05, 0) is 37.8 Å². The van der Waals surface area contributed by atoms with E-state index in [-0.39, 0.29) is 10.8 Å². The maximum absolute atomic E-state index is 9.58. The summed E-state index contributed by atoms with van der Waals surface area (Å²) < 4.78 is 0. The number of aliphatic hydroxyl groups is 1. The van der Waals surface area contributed by atoms with Crippen molar-refractivity contribution < 1.29 is 5.11 Å². The fraction of sp³-hybridized carbons (Fsp3) is 0.812. The van der Waals surface area contributed by atoms with Gasteiger partial charge in [-0.15, -0.1) is 11.3 Å². The molecular formula is C16H28N2OS. The standard InChI is InChI=1S/C16H28N2OS/c1-5-16(12-19)6-8-18(9-7-16)10-14-17-13(11-20-14)15(2,3)4/h11,19H,5-10,12H2,1-4H3. The second-order valence-corrected chi connectivity index (χ2v) is 8.11. The van der Waals surface area contributed by atoms with Crippen LogP contribution in [-0.2, 0) is 12.0 Å². The van der Waals surface area contributed by atoms with E-state index in [1.165, 1.54) is 10.7 Å². The van der Waals surface area contributed by atoms with Crippen LogP contribution in [-0.4, -0.2) is 34.7 Å². The minimum atomic E-state index is 0.144. The quantitative estimate of drug-likeness (QED) is 0.925. The van der Waals surface area contributed by atoms with E-state index < -0.39 is 0 Å². The first-order valence-electron chi connectivity index (χ1n) is 7.67. The molecule has 4 heteroatoms. The molecule has 1 aromatic rings. The Labute approximate surface area is 127 Å². The highest BCUT2D eigenvalue weighted by molar-refractivity contribution is 7.09. The molecule has 1 aliphatic rings. The van der Waals surface area contributed by atoms with E-state index in [0.717, 1.165) is 38.9 Å². The molecule has 3 nitrogen and oxygen atoms in total. The lowest BCUT2D eigenvalue weighted by molar-refractivity contribution is 0.0382. The number of thiazole rings is 1. The molecule has 0 aliphatic carbocycles. The van der Waals surface area contributed by atoms with Crippen molar-refractivity contribution >= 4 is 11.3 Å². The van der Waals surface area contributed by atoms with Crippen molar-refractivity contribution in [1.82, 2.24) is 9.88 Å². The molecule has 0 spiro atoms. The number of hydrogen-bond acceptors (Lipinski definition) is 4. The zero-order valence-electron chi connectivity index (χ0n) is 13.3. The summed E-state index contributed by atoms with van der Waals surface area (Å²) in [6.07, 6.45) is 3.30. The van der Waals surface area contributed by atoms with E-state index in [1.54, 1.807) is 11.3 Å². The number of piperidine rings is 1. The molecule has 20 heavy (non-hydrogen) atoms. The van der Waals surface area contributed by atoms with E-state index in [9.17, 15) is 5.11 Å². The summed E-state index contributed by atoms with van der Waals surface area (Å²) in [5.41, 5.74) is 1.52. The van der Waals surface area contributed by atoms with E-state index >= 15 is 0 Å². The molecule has 2 heterocycles. The van der Waals surface area contributed by atoms with Crippen LogP contribution in [0.2, 0.25) is 0 Å². The molecule has 0 aromatic carbocycles. The van der Waals surface area contributed by atoms with E-state index in [2.05, 4.69) is 38.0 Å². The first-order valence-corrected chi connectivity index (χ1v) is 8.55. The third kappa shape index (κ3) is 3.60. The van der Waals surface area contributed by atoms with Gasteiger partial charge in [0, 0.05) is 17.4 Å². The number of hydrogen-bond donors (Lipinski definition) is 1. The molecule has 114 valence electrons. The van der Waals surface area contributed by atoms with Gasteiger partial charge in [0.15, 0.2) is 0 Å². The van der Waals surface area contributed by atoms with Crippen molar-refractivity contribution in [1.29, 1.82) is 0 Å². The van der Waals surface area contributed by atoms with Crippen molar-refractivity contribution in [2.45, 2.75) is 58.9 Å². The summed E-state index contributed by atoms with van der Waals surface area (Å²) in [6.45, 7) is 12.3. The molecule has 0 atom stereocenters. The predicted octanol–water partition coefficient (Wildman–Crippen LogP) is 3.43. The summed E-state index contributed by atoms with van der Waals surface area (Å²) in [7, 11) is 0. The average molecular weight is 296 g/mol. The van der Waals surface area contributed by atoms with Gasteiger partial charge in [0.1, 0.15) is 5.01 Å². The molecule has 0 saturated carbocycles. The third-order valence-corrected chi connectivity index (χ3v) is 5.51. The molecular weight excluding hydrogens is 268 g/mol. The number of likely N-dealkylation sites (tertiary alicyclic amines) is 1. The topological polar surface area (TPSA) is 36.4 Å². The van der Waals surface area contributed by atoms with Crippen molar-refractivity contribution in [3.05, 3.63) is 16.1 Å². The molecule has 1 N–H and O–H groups in total. The molecule has 0 amide bonds. The number of nitrogens with zero attached hydrogens (tertiary/aromatic N) is 2. The molecule has 0 unspecified atom stereocenters. The van der Waals surface area contributed by atoms with Crippen LogP contribution in [0, 0.1) is 5.41 Å². The van der Waals surface area contributed by atoms with Crippen LogP contribution in [0.3, 0.4) is 0 Å². The predicted molar refractivity (Wildman–Crippen MR) is 85.1 cm³/mol. The first kappa shape index (κ1) is 15.9. The van der Waals surface area contributed by atoms with Gasteiger partial charge in [0.25, 0.3) is 0 Å². The van der Waals surface area contributed by atoms with Crippen molar-refractivity contribution in [3.8, 4) is 0 Å². The van der Waals surface area contributed by atoms with Crippen molar-refractivity contribution in [2.75, 3.05) is 19.7 Å². The third-order valence-electron chi connectivity index (χ3n) is 4.68. The Morgan fingerprint density at radius 2 is 2.00 bits per heavy atom. The van der Waals surface area contributed by atoms with Crippen molar-refractivity contribution in [3.63, 3.8) is 0 Å². The highest BCUT2D eigenvalue weighted by atomic mass is 32.1. The smallest absolute Gasteiger partial charge is 0.107 e. The van der Waals surface area contributed by atoms with E-state index in [0.29, 0.717) is 6.61 Å².